The second kappa shape index (κ2) is 9.58. The second-order valence-electron chi connectivity index (χ2n) is 7.11. The summed E-state index contributed by atoms with van der Waals surface area (Å²) < 4.78 is 24.8. The molecule has 2 unspecified atom stereocenters. The number of nitrogens with one attached hydrogen (secondary N) is 2. The van der Waals surface area contributed by atoms with E-state index >= 15 is 0 Å². The fourth-order valence-corrected chi connectivity index (χ4v) is 3.97. The van der Waals surface area contributed by atoms with Gasteiger partial charge in [-0.25, -0.2) is 8.42 Å². The number of anilines is 1. The predicted octanol–water partition coefficient (Wildman–Crippen LogP) is 2.25. The highest BCUT2D eigenvalue weighted by atomic mass is 35.5. The van der Waals surface area contributed by atoms with Crippen LogP contribution in [0.1, 0.15) is 34.0 Å². The number of hydrogen-bond donors (Lipinski definition) is 4. The zero-order valence-corrected chi connectivity index (χ0v) is 17.6. The van der Waals surface area contributed by atoms with E-state index in [2.05, 4.69) is 10.0 Å². The molecule has 0 spiro atoms. The van der Waals surface area contributed by atoms with Gasteiger partial charge in [-0.3, -0.25) is 9.52 Å². The molecule has 9 heteroatoms. The van der Waals surface area contributed by atoms with Gasteiger partial charge in [-0.2, -0.15) is 0 Å². The Hall–Kier alpha value is -2.13. The van der Waals surface area contributed by atoms with Gasteiger partial charge in [0.1, 0.15) is 5.75 Å². The van der Waals surface area contributed by atoms with E-state index in [0.717, 1.165) is 18.2 Å². The van der Waals surface area contributed by atoms with E-state index in [4.69, 9.17) is 0 Å². The van der Waals surface area contributed by atoms with E-state index in [1.54, 1.807) is 36.4 Å². The summed E-state index contributed by atoms with van der Waals surface area (Å²) >= 11 is 0. The van der Waals surface area contributed by atoms with Crippen LogP contribution in [0.2, 0.25) is 0 Å². The lowest BCUT2D eigenvalue weighted by Crippen LogP contribution is -2.34. The first-order valence-corrected chi connectivity index (χ1v) is 10.9. The number of phenols is 1. The molecule has 0 amide bonds. The Balaban J connectivity index is 0.00000300. The third-order valence-electron chi connectivity index (χ3n) is 4.81. The molecule has 0 heterocycles. The molecule has 158 valence electrons. The molecule has 1 aliphatic carbocycles. The molecule has 2 aromatic rings. The SMILES string of the molecule is CS(=O)(=O)Nc1ccc(C(O)CNCC2CCc3cc(O)ccc3C2=O)cc1.Cl. The number of rotatable bonds is 7. The molecular weight excluding hydrogens is 416 g/mol. The minimum atomic E-state index is -3.34. The van der Waals surface area contributed by atoms with Crippen molar-refractivity contribution in [1.29, 1.82) is 0 Å². The number of carbonyl (C=O) groups excluding carboxylic acids is 1. The largest absolute Gasteiger partial charge is 0.508 e. The molecule has 4 N–H and O–H groups in total. The number of benzene rings is 2. The maximum absolute atomic E-state index is 12.6. The maximum Gasteiger partial charge on any atom is 0.229 e. The lowest BCUT2D eigenvalue weighted by Gasteiger charge is -2.24. The van der Waals surface area contributed by atoms with Gasteiger partial charge in [0.2, 0.25) is 10.0 Å². The zero-order chi connectivity index (χ0) is 20.3. The molecule has 0 fully saturated rings. The standard InChI is InChI=1S/C20H24N2O5S.ClH/c1-28(26,27)22-16-6-4-13(5-7-16)19(24)12-21-11-15-3-2-14-10-17(23)8-9-18(14)20(15)25;/h4-10,15,19,21-24H,2-3,11-12H2,1H3;1H. The molecule has 7 nitrogen and oxygen atoms in total. The van der Waals surface area contributed by atoms with Gasteiger partial charge in [0.25, 0.3) is 0 Å². The fraction of sp³-hybridized carbons (Fsp3) is 0.350. The van der Waals surface area contributed by atoms with Crippen molar-refractivity contribution >= 4 is 33.9 Å². The number of carbonyl (C=O) groups is 1. The Labute approximate surface area is 176 Å². The molecule has 0 aliphatic heterocycles. The van der Waals surface area contributed by atoms with Crippen molar-refractivity contribution in [2.24, 2.45) is 5.92 Å². The third kappa shape index (κ3) is 6.17. The molecule has 1 aliphatic rings. The van der Waals surface area contributed by atoms with Crippen LogP contribution in [0.4, 0.5) is 5.69 Å². The van der Waals surface area contributed by atoms with Crippen molar-refractivity contribution in [3.63, 3.8) is 0 Å². The summed E-state index contributed by atoms with van der Waals surface area (Å²) in [5.41, 5.74) is 2.63. The van der Waals surface area contributed by atoms with Crippen molar-refractivity contribution < 1.29 is 23.4 Å². The molecule has 0 aromatic heterocycles. The summed E-state index contributed by atoms with van der Waals surface area (Å²) in [6.45, 7) is 0.745. The summed E-state index contributed by atoms with van der Waals surface area (Å²) in [6.07, 6.45) is 1.74. The molecule has 2 atom stereocenters. The Morgan fingerprint density at radius 2 is 1.86 bits per heavy atom. The minimum Gasteiger partial charge on any atom is -0.508 e. The smallest absolute Gasteiger partial charge is 0.229 e. The first-order chi connectivity index (χ1) is 13.2. The Morgan fingerprint density at radius 3 is 2.52 bits per heavy atom. The molecule has 2 aromatic carbocycles. The number of phenolic OH excluding ortho intramolecular Hbond substituents is 1. The highest BCUT2D eigenvalue weighted by Gasteiger charge is 2.27. The zero-order valence-electron chi connectivity index (χ0n) is 16.0. The van der Waals surface area contributed by atoms with Gasteiger partial charge in [0, 0.05) is 30.3 Å². The highest BCUT2D eigenvalue weighted by molar-refractivity contribution is 7.92. The number of hydrogen-bond acceptors (Lipinski definition) is 6. The van der Waals surface area contributed by atoms with Crippen LogP contribution in [0, 0.1) is 5.92 Å². The Morgan fingerprint density at radius 1 is 1.17 bits per heavy atom. The van der Waals surface area contributed by atoms with Crippen LogP contribution in [0.15, 0.2) is 42.5 Å². The Bertz CT molecular complexity index is 963. The first kappa shape index (κ1) is 23.2. The number of aliphatic hydroxyl groups is 1. The predicted molar refractivity (Wildman–Crippen MR) is 114 cm³/mol. The second-order valence-corrected chi connectivity index (χ2v) is 8.86. The van der Waals surface area contributed by atoms with Gasteiger partial charge < -0.3 is 15.5 Å². The number of halogens is 1. The van der Waals surface area contributed by atoms with E-state index < -0.39 is 16.1 Å². The molecule has 0 bridgehead atoms. The number of sulfonamides is 1. The maximum atomic E-state index is 12.6. The quantitative estimate of drug-likeness (QED) is 0.524. The molecule has 3 rings (SSSR count). The monoisotopic (exact) mass is 440 g/mol. The van der Waals surface area contributed by atoms with Crippen LogP contribution in [-0.2, 0) is 16.4 Å². The topological polar surface area (TPSA) is 116 Å². The van der Waals surface area contributed by atoms with E-state index in [0.29, 0.717) is 29.8 Å². The van der Waals surface area contributed by atoms with Crippen LogP contribution in [0.3, 0.4) is 0 Å². The average molecular weight is 441 g/mol. The van der Waals surface area contributed by atoms with Gasteiger partial charge in [-0.1, -0.05) is 12.1 Å². The number of fused-ring (bicyclic) bond motifs is 1. The highest BCUT2D eigenvalue weighted by Crippen LogP contribution is 2.28. The molecule has 0 saturated carbocycles. The lowest BCUT2D eigenvalue weighted by molar-refractivity contribution is 0.0895. The van der Waals surface area contributed by atoms with Crippen LogP contribution >= 0.6 is 12.4 Å². The van der Waals surface area contributed by atoms with E-state index in [1.165, 1.54) is 6.07 Å². The molecule has 29 heavy (non-hydrogen) atoms. The van der Waals surface area contributed by atoms with Gasteiger partial charge in [-0.15, -0.1) is 12.4 Å². The summed E-state index contributed by atoms with van der Waals surface area (Å²) in [5.74, 6) is 0.0639. The van der Waals surface area contributed by atoms with E-state index in [1.807, 2.05) is 0 Å². The number of aryl methyl sites for hydroxylation is 1. The number of aromatic hydroxyl groups is 1. The van der Waals surface area contributed by atoms with Crippen LogP contribution in [-0.4, -0.2) is 43.8 Å². The van der Waals surface area contributed by atoms with Crippen molar-refractivity contribution in [2.45, 2.75) is 18.9 Å². The first-order valence-electron chi connectivity index (χ1n) is 9.05. The van der Waals surface area contributed by atoms with Gasteiger partial charge in [0.05, 0.1) is 12.4 Å². The summed E-state index contributed by atoms with van der Waals surface area (Å²) in [5, 5.41) is 23.0. The van der Waals surface area contributed by atoms with Crippen molar-refractivity contribution in [2.75, 3.05) is 24.1 Å². The van der Waals surface area contributed by atoms with Crippen molar-refractivity contribution in [3.05, 3.63) is 59.2 Å². The summed E-state index contributed by atoms with van der Waals surface area (Å²) in [4.78, 5) is 12.6. The van der Waals surface area contributed by atoms with Gasteiger partial charge in [-0.05, 0) is 54.3 Å². The van der Waals surface area contributed by atoms with Gasteiger partial charge in [0.15, 0.2) is 5.78 Å². The van der Waals surface area contributed by atoms with Crippen molar-refractivity contribution in [1.82, 2.24) is 5.32 Å². The number of Topliss-reactive ketones (excluding diaryl/α,β-unsaturated/α-hetero) is 1. The van der Waals surface area contributed by atoms with E-state index in [-0.39, 0.29) is 36.4 Å². The van der Waals surface area contributed by atoms with Crippen LogP contribution in [0.5, 0.6) is 5.75 Å². The van der Waals surface area contributed by atoms with Crippen LogP contribution in [0.25, 0.3) is 0 Å². The van der Waals surface area contributed by atoms with Crippen molar-refractivity contribution in [3.8, 4) is 5.75 Å². The van der Waals surface area contributed by atoms with Gasteiger partial charge >= 0.3 is 0 Å². The molecule has 0 saturated heterocycles. The lowest BCUT2D eigenvalue weighted by atomic mass is 9.82. The Kier molecular flexibility index (Phi) is 7.65. The minimum absolute atomic E-state index is 0. The number of aliphatic hydroxyl groups excluding tert-OH is 1. The molecule has 0 radical (unpaired) electrons. The number of ketones is 1. The van der Waals surface area contributed by atoms with Crippen LogP contribution < -0.4 is 10.0 Å². The average Bonchev–Trinajstić information content (AvgIpc) is 2.62. The fourth-order valence-electron chi connectivity index (χ4n) is 3.40. The van der Waals surface area contributed by atoms with E-state index in [9.17, 15) is 23.4 Å². The summed E-state index contributed by atoms with van der Waals surface area (Å²) in [7, 11) is -3.34. The molecular formula is C20H25ClN2O5S. The normalized spacial score (nSPS) is 17.2. The summed E-state index contributed by atoms with van der Waals surface area (Å²) in [6, 6.07) is 11.3. The third-order valence-corrected chi connectivity index (χ3v) is 5.42.